The number of hydrogen-bond acceptors (Lipinski definition) is 5. The normalized spacial score (nSPS) is 14.4. The minimum atomic E-state index is 0.000721. The molecule has 1 N–H and O–H groups in total. The molecule has 1 aliphatic rings. The van der Waals surface area contributed by atoms with Crippen LogP contribution in [0, 0.1) is 0 Å². The predicted octanol–water partition coefficient (Wildman–Crippen LogP) is 2.65. The molecule has 0 saturated carbocycles. The van der Waals surface area contributed by atoms with Gasteiger partial charge < -0.3 is 15.1 Å². The molecule has 0 atom stereocenters. The van der Waals surface area contributed by atoms with E-state index in [4.69, 9.17) is 0 Å². The number of rotatable bonds is 6. The van der Waals surface area contributed by atoms with E-state index in [1.807, 2.05) is 35.2 Å². The summed E-state index contributed by atoms with van der Waals surface area (Å²) in [6.45, 7) is 6.05. The van der Waals surface area contributed by atoms with Gasteiger partial charge in [-0.25, -0.2) is 9.97 Å². The maximum Gasteiger partial charge on any atom is 0.272 e. The Bertz CT molecular complexity index is 666. The number of piperazine rings is 1. The SMILES string of the molecule is CCCCNc1ccc(C(=O)N2CCN(c3ccccn3)CC2)nc1. The molecule has 3 heterocycles. The van der Waals surface area contributed by atoms with E-state index in [9.17, 15) is 4.79 Å². The lowest BCUT2D eigenvalue weighted by Gasteiger charge is -2.35. The summed E-state index contributed by atoms with van der Waals surface area (Å²) in [5.74, 6) is 0.969. The van der Waals surface area contributed by atoms with Crippen LogP contribution in [0.2, 0.25) is 0 Å². The maximum absolute atomic E-state index is 12.6. The summed E-state index contributed by atoms with van der Waals surface area (Å²) in [7, 11) is 0. The van der Waals surface area contributed by atoms with E-state index in [0.717, 1.165) is 44.0 Å². The highest BCUT2D eigenvalue weighted by molar-refractivity contribution is 5.92. The van der Waals surface area contributed by atoms with E-state index >= 15 is 0 Å². The molecule has 6 nitrogen and oxygen atoms in total. The van der Waals surface area contributed by atoms with Gasteiger partial charge >= 0.3 is 0 Å². The van der Waals surface area contributed by atoms with Gasteiger partial charge in [0, 0.05) is 38.9 Å². The minimum Gasteiger partial charge on any atom is -0.384 e. The van der Waals surface area contributed by atoms with Gasteiger partial charge in [0.15, 0.2) is 0 Å². The molecule has 6 heteroatoms. The van der Waals surface area contributed by atoms with Crippen LogP contribution in [-0.4, -0.2) is 53.5 Å². The Kier molecular flexibility index (Phi) is 5.82. The molecule has 0 aromatic carbocycles. The van der Waals surface area contributed by atoms with Crippen molar-refractivity contribution in [2.75, 3.05) is 42.9 Å². The van der Waals surface area contributed by atoms with Crippen LogP contribution in [0.3, 0.4) is 0 Å². The summed E-state index contributed by atoms with van der Waals surface area (Å²) >= 11 is 0. The van der Waals surface area contributed by atoms with Gasteiger partial charge in [-0.05, 0) is 30.7 Å². The molecule has 2 aromatic heterocycles. The smallest absolute Gasteiger partial charge is 0.272 e. The second-order valence-electron chi connectivity index (χ2n) is 6.18. The van der Waals surface area contributed by atoms with Crippen LogP contribution in [0.4, 0.5) is 11.5 Å². The van der Waals surface area contributed by atoms with Crippen LogP contribution in [-0.2, 0) is 0 Å². The number of carbonyl (C=O) groups is 1. The maximum atomic E-state index is 12.6. The van der Waals surface area contributed by atoms with E-state index < -0.39 is 0 Å². The fourth-order valence-corrected chi connectivity index (χ4v) is 2.88. The van der Waals surface area contributed by atoms with Gasteiger partial charge in [-0.3, -0.25) is 4.79 Å². The molecule has 2 aromatic rings. The van der Waals surface area contributed by atoms with Crippen molar-refractivity contribution in [2.45, 2.75) is 19.8 Å². The summed E-state index contributed by atoms with van der Waals surface area (Å²) in [5, 5.41) is 3.31. The fourth-order valence-electron chi connectivity index (χ4n) is 2.88. The predicted molar refractivity (Wildman–Crippen MR) is 100.0 cm³/mol. The Morgan fingerprint density at radius 1 is 1.12 bits per heavy atom. The minimum absolute atomic E-state index is 0.000721. The summed E-state index contributed by atoms with van der Waals surface area (Å²) in [6, 6.07) is 9.64. The molecule has 0 aliphatic carbocycles. The number of hydrogen-bond donors (Lipinski definition) is 1. The van der Waals surface area contributed by atoms with Crippen molar-refractivity contribution in [1.29, 1.82) is 0 Å². The van der Waals surface area contributed by atoms with Crippen molar-refractivity contribution in [3.8, 4) is 0 Å². The van der Waals surface area contributed by atoms with Crippen molar-refractivity contribution in [3.63, 3.8) is 0 Å². The molecule has 0 bridgehead atoms. The number of nitrogens with one attached hydrogen (secondary N) is 1. The highest BCUT2D eigenvalue weighted by atomic mass is 16.2. The van der Waals surface area contributed by atoms with Crippen molar-refractivity contribution in [2.24, 2.45) is 0 Å². The zero-order valence-corrected chi connectivity index (χ0v) is 14.7. The van der Waals surface area contributed by atoms with Crippen molar-refractivity contribution >= 4 is 17.4 Å². The fraction of sp³-hybridized carbons (Fsp3) is 0.421. The third kappa shape index (κ3) is 4.47. The zero-order valence-electron chi connectivity index (χ0n) is 14.7. The third-order valence-corrected chi connectivity index (χ3v) is 4.38. The monoisotopic (exact) mass is 339 g/mol. The average molecular weight is 339 g/mol. The summed E-state index contributed by atoms with van der Waals surface area (Å²) in [5.41, 5.74) is 1.47. The molecule has 0 unspecified atom stereocenters. The summed E-state index contributed by atoms with van der Waals surface area (Å²) in [6.07, 6.45) is 5.82. The molecule has 3 rings (SSSR count). The molecular weight excluding hydrogens is 314 g/mol. The molecule has 1 aliphatic heterocycles. The highest BCUT2D eigenvalue weighted by Gasteiger charge is 2.23. The molecule has 0 spiro atoms. The number of anilines is 2. The first kappa shape index (κ1) is 17.2. The van der Waals surface area contributed by atoms with E-state index in [1.54, 1.807) is 12.4 Å². The van der Waals surface area contributed by atoms with Gasteiger partial charge in [0.25, 0.3) is 5.91 Å². The molecule has 1 saturated heterocycles. The van der Waals surface area contributed by atoms with Gasteiger partial charge in [-0.1, -0.05) is 19.4 Å². The van der Waals surface area contributed by atoms with Crippen LogP contribution < -0.4 is 10.2 Å². The first-order chi connectivity index (χ1) is 12.3. The molecular formula is C19H25N5O. The first-order valence-electron chi connectivity index (χ1n) is 8.93. The van der Waals surface area contributed by atoms with Crippen LogP contribution in [0.1, 0.15) is 30.3 Å². The Morgan fingerprint density at radius 2 is 1.96 bits per heavy atom. The van der Waals surface area contributed by atoms with Gasteiger partial charge in [-0.15, -0.1) is 0 Å². The zero-order chi connectivity index (χ0) is 17.5. The van der Waals surface area contributed by atoms with E-state index in [0.29, 0.717) is 18.8 Å². The van der Waals surface area contributed by atoms with Gasteiger partial charge in [0.05, 0.1) is 11.9 Å². The Hall–Kier alpha value is -2.63. The molecule has 0 radical (unpaired) electrons. The number of amides is 1. The van der Waals surface area contributed by atoms with Crippen molar-refractivity contribution < 1.29 is 4.79 Å². The Morgan fingerprint density at radius 3 is 2.60 bits per heavy atom. The average Bonchev–Trinajstić information content (AvgIpc) is 2.69. The number of unbranched alkanes of at least 4 members (excludes halogenated alkanes) is 1. The highest BCUT2D eigenvalue weighted by Crippen LogP contribution is 2.14. The van der Waals surface area contributed by atoms with Crippen LogP contribution in [0.25, 0.3) is 0 Å². The van der Waals surface area contributed by atoms with Crippen molar-refractivity contribution in [3.05, 3.63) is 48.4 Å². The second-order valence-corrected chi connectivity index (χ2v) is 6.18. The number of carbonyl (C=O) groups excluding carboxylic acids is 1. The number of pyridine rings is 2. The topological polar surface area (TPSA) is 61.4 Å². The summed E-state index contributed by atoms with van der Waals surface area (Å²) in [4.78, 5) is 25.4. The lowest BCUT2D eigenvalue weighted by atomic mass is 10.2. The van der Waals surface area contributed by atoms with Crippen LogP contribution in [0.5, 0.6) is 0 Å². The molecule has 132 valence electrons. The van der Waals surface area contributed by atoms with E-state index in [-0.39, 0.29) is 5.91 Å². The quantitative estimate of drug-likeness (QED) is 0.820. The first-order valence-corrected chi connectivity index (χ1v) is 8.93. The number of aromatic nitrogens is 2. The van der Waals surface area contributed by atoms with Gasteiger partial charge in [0.1, 0.15) is 11.5 Å². The summed E-state index contributed by atoms with van der Waals surface area (Å²) < 4.78 is 0. The number of nitrogens with zero attached hydrogens (tertiary/aromatic N) is 4. The van der Waals surface area contributed by atoms with E-state index in [2.05, 4.69) is 27.1 Å². The van der Waals surface area contributed by atoms with Crippen molar-refractivity contribution in [1.82, 2.24) is 14.9 Å². The molecule has 1 amide bonds. The molecule has 25 heavy (non-hydrogen) atoms. The Labute approximate surface area is 148 Å². The second kappa shape index (κ2) is 8.46. The third-order valence-electron chi connectivity index (χ3n) is 4.38. The van der Waals surface area contributed by atoms with E-state index in [1.165, 1.54) is 0 Å². The van der Waals surface area contributed by atoms with Crippen LogP contribution >= 0.6 is 0 Å². The van der Waals surface area contributed by atoms with Gasteiger partial charge in [-0.2, -0.15) is 0 Å². The van der Waals surface area contributed by atoms with Crippen LogP contribution in [0.15, 0.2) is 42.7 Å². The largest absolute Gasteiger partial charge is 0.384 e. The lowest BCUT2D eigenvalue weighted by molar-refractivity contribution is 0.0740. The molecule has 1 fully saturated rings. The Balaban J connectivity index is 1.53. The standard InChI is InChI=1S/C19H25N5O/c1-2-3-9-20-16-7-8-17(22-15-16)19(25)24-13-11-23(12-14-24)18-6-4-5-10-21-18/h4-8,10,15,20H,2-3,9,11-14H2,1H3. The van der Waals surface area contributed by atoms with Gasteiger partial charge in [0.2, 0.25) is 0 Å². The lowest BCUT2D eigenvalue weighted by Crippen LogP contribution is -2.49.